The van der Waals surface area contributed by atoms with Crippen molar-refractivity contribution < 1.29 is 14.3 Å². The van der Waals surface area contributed by atoms with Crippen LogP contribution in [0, 0.1) is 0 Å². The molecule has 1 rings (SSSR count). The highest BCUT2D eigenvalue weighted by Crippen LogP contribution is 2.15. The van der Waals surface area contributed by atoms with E-state index < -0.39 is 11.7 Å². The standard InChI is InChI=1S/C16H22ClN3O3/c1-16(2,3)23-15(22)20-11-10-19-14(21)18-9-8-12-6-4-5-7-13(12)17/h4-9H,10-11H2,1-3H3,(H,20,22)(H2,18,19,21)/b9-8+. The molecule has 0 heterocycles. The summed E-state index contributed by atoms with van der Waals surface area (Å²) in [6.45, 7) is 5.90. The van der Waals surface area contributed by atoms with Crippen LogP contribution in [0.5, 0.6) is 0 Å². The number of benzene rings is 1. The van der Waals surface area contributed by atoms with Crippen molar-refractivity contribution in [2.45, 2.75) is 26.4 Å². The average molecular weight is 340 g/mol. The van der Waals surface area contributed by atoms with Crippen molar-refractivity contribution in [1.29, 1.82) is 0 Å². The summed E-state index contributed by atoms with van der Waals surface area (Å²) in [5, 5.41) is 8.30. The van der Waals surface area contributed by atoms with Gasteiger partial charge in [0.15, 0.2) is 0 Å². The van der Waals surface area contributed by atoms with E-state index in [1.807, 2.05) is 18.2 Å². The van der Waals surface area contributed by atoms with E-state index in [1.54, 1.807) is 32.9 Å². The fraction of sp³-hybridized carbons (Fsp3) is 0.375. The number of halogens is 1. The molecule has 0 radical (unpaired) electrons. The highest BCUT2D eigenvalue weighted by molar-refractivity contribution is 6.32. The van der Waals surface area contributed by atoms with Crippen molar-refractivity contribution >= 4 is 29.8 Å². The summed E-state index contributed by atoms with van der Waals surface area (Å²) in [6.07, 6.45) is 2.68. The molecule has 23 heavy (non-hydrogen) atoms. The second kappa shape index (κ2) is 9.05. The summed E-state index contributed by atoms with van der Waals surface area (Å²) in [5.74, 6) is 0. The van der Waals surface area contributed by atoms with Crippen LogP contribution in [-0.4, -0.2) is 30.8 Å². The molecule has 0 spiro atoms. The molecule has 0 unspecified atom stereocenters. The summed E-state index contributed by atoms with van der Waals surface area (Å²) in [6, 6.07) is 6.91. The molecule has 1 aromatic carbocycles. The lowest BCUT2D eigenvalue weighted by Crippen LogP contribution is -2.40. The Labute approximate surface area is 141 Å². The highest BCUT2D eigenvalue weighted by Gasteiger charge is 2.15. The van der Waals surface area contributed by atoms with E-state index >= 15 is 0 Å². The smallest absolute Gasteiger partial charge is 0.407 e. The number of carbonyl (C=O) groups is 2. The van der Waals surface area contributed by atoms with Gasteiger partial charge in [-0.15, -0.1) is 0 Å². The maximum atomic E-state index is 11.5. The lowest BCUT2D eigenvalue weighted by atomic mass is 10.2. The minimum atomic E-state index is -0.543. The van der Waals surface area contributed by atoms with Gasteiger partial charge in [0.2, 0.25) is 0 Å². The molecular weight excluding hydrogens is 318 g/mol. The van der Waals surface area contributed by atoms with E-state index in [1.165, 1.54) is 6.20 Å². The van der Waals surface area contributed by atoms with Crippen LogP contribution in [0.25, 0.3) is 6.08 Å². The van der Waals surface area contributed by atoms with E-state index in [2.05, 4.69) is 16.0 Å². The molecule has 3 N–H and O–H groups in total. The summed E-state index contributed by atoms with van der Waals surface area (Å²) in [5.41, 5.74) is 0.263. The number of nitrogens with one attached hydrogen (secondary N) is 3. The first-order valence-corrected chi connectivity index (χ1v) is 7.58. The van der Waals surface area contributed by atoms with Gasteiger partial charge < -0.3 is 20.7 Å². The van der Waals surface area contributed by atoms with Crippen LogP contribution >= 0.6 is 11.6 Å². The van der Waals surface area contributed by atoms with Gasteiger partial charge >= 0.3 is 12.1 Å². The zero-order valence-corrected chi connectivity index (χ0v) is 14.2. The molecular formula is C16H22ClN3O3. The van der Waals surface area contributed by atoms with Gasteiger partial charge in [0.05, 0.1) is 0 Å². The van der Waals surface area contributed by atoms with Crippen molar-refractivity contribution in [1.82, 2.24) is 16.0 Å². The third kappa shape index (κ3) is 8.73. The molecule has 3 amide bonds. The number of carbonyl (C=O) groups excluding carboxylic acids is 2. The zero-order valence-electron chi connectivity index (χ0n) is 13.5. The van der Waals surface area contributed by atoms with Gasteiger partial charge in [0.25, 0.3) is 0 Å². The number of ether oxygens (including phenoxy) is 1. The van der Waals surface area contributed by atoms with Crippen LogP contribution in [0.1, 0.15) is 26.3 Å². The minimum Gasteiger partial charge on any atom is -0.444 e. The van der Waals surface area contributed by atoms with Crippen molar-refractivity contribution in [3.63, 3.8) is 0 Å². The monoisotopic (exact) mass is 339 g/mol. The molecule has 0 atom stereocenters. The lowest BCUT2D eigenvalue weighted by molar-refractivity contribution is 0.0528. The van der Waals surface area contributed by atoms with Crippen LogP contribution in [-0.2, 0) is 4.74 Å². The van der Waals surface area contributed by atoms with Crippen molar-refractivity contribution in [3.05, 3.63) is 41.1 Å². The number of rotatable bonds is 5. The van der Waals surface area contributed by atoms with E-state index in [-0.39, 0.29) is 19.1 Å². The van der Waals surface area contributed by atoms with Crippen molar-refractivity contribution in [2.24, 2.45) is 0 Å². The minimum absolute atomic E-state index is 0.274. The van der Waals surface area contributed by atoms with Gasteiger partial charge in [0, 0.05) is 24.3 Å². The number of urea groups is 1. The first-order valence-electron chi connectivity index (χ1n) is 7.20. The van der Waals surface area contributed by atoms with Gasteiger partial charge in [-0.2, -0.15) is 0 Å². The Morgan fingerprint density at radius 1 is 1.17 bits per heavy atom. The first kappa shape index (κ1) is 18.8. The molecule has 0 aliphatic heterocycles. The van der Waals surface area contributed by atoms with Crippen LogP contribution in [0.4, 0.5) is 9.59 Å². The summed E-state index contributed by atoms with van der Waals surface area (Å²) < 4.78 is 5.07. The Morgan fingerprint density at radius 3 is 2.48 bits per heavy atom. The van der Waals surface area contributed by atoms with Gasteiger partial charge in [-0.3, -0.25) is 0 Å². The molecule has 0 saturated heterocycles. The second-order valence-corrected chi connectivity index (χ2v) is 6.09. The number of hydrogen-bond acceptors (Lipinski definition) is 3. The molecule has 0 fully saturated rings. The quantitative estimate of drug-likeness (QED) is 0.721. The van der Waals surface area contributed by atoms with Crippen molar-refractivity contribution in [2.75, 3.05) is 13.1 Å². The Hall–Kier alpha value is -2.21. The van der Waals surface area contributed by atoms with Crippen molar-refractivity contribution in [3.8, 4) is 0 Å². The largest absolute Gasteiger partial charge is 0.444 e. The second-order valence-electron chi connectivity index (χ2n) is 5.68. The summed E-state index contributed by atoms with van der Waals surface area (Å²) in [7, 11) is 0. The maximum absolute atomic E-state index is 11.5. The molecule has 0 saturated carbocycles. The summed E-state index contributed by atoms with van der Waals surface area (Å²) in [4.78, 5) is 22.9. The Morgan fingerprint density at radius 2 is 1.83 bits per heavy atom. The molecule has 6 nitrogen and oxygen atoms in total. The SMILES string of the molecule is CC(C)(C)OC(=O)NCCNC(=O)N/C=C/c1ccccc1Cl. The Balaban J connectivity index is 2.20. The lowest BCUT2D eigenvalue weighted by Gasteiger charge is -2.19. The van der Waals surface area contributed by atoms with Crippen LogP contribution in [0.3, 0.4) is 0 Å². The predicted molar refractivity (Wildman–Crippen MR) is 91.3 cm³/mol. The van der Waals surface area contributed by atoms with E-state index in [0.29, 0.717) is 5.02 Å². The van der Waals surface area contributed by atoms with Crippen LogP contribution < -0.4 is 16.0 Å². The van der Waals surface area contributed by atoms with Crippen LogP contribution in [0.2, 0.25) is 5.02 Å². The van der Waals surface area contributed by atoms with Crippen LogP contribution in [0.15, 0.2) is 30.5 Å². The van der Waals surface area contributed by atoms with Gasteiger partial charge in [-0.05, 0) is 38.5 Å². The number of hydrogen-bond donors (Lipinski definition) is 3. The van der Waals surface area contributed by atoms with Gasteiger partial charge in [0.1, 0.15) is 5.60 Å². The third-order valence-electron chi connectivity index (χ3n) is 2.46. The third-order valence-corrected chi connectivity index (χ3v) is 2.81. The predicted octanol–water partition coefficient (Wildman–Crippen LogP) is 3.13. The average Bonchev–Trinajstić information content (AvgIpc) is 2.44. The molecule has 0 aromatic heterocycles. The first-order chi connectivity index (χ1) is 10.8. The van der Waals surface area contributed by atoms with E-state index in [0.717, 1.165) is 5.56 Å². The summed E-state index contributed by atoms with van der Waals surface area (Å²) >= 11 is 5.99. The topological polar surface area (TPSA) is 79.5 Å². The van der Waals surface area contributed by atoms with Gasteiger partial charge in [-0.25, -0.2) is 9.59 Å². The fourth-order valence-electron chi connectivity index (χ4n) is 1.52. The molecule has 0 bridgehead atoms. The Kier molecular flexibility index (Phi) is 7.41. The molecule has 7 heteroatoms. The zero-order chi connectivity index (χ0) is 17.3. The highest BCUT2D eigenvalue weighted by atomic mass is 35.5. The molecule has 1 aromatic rings. The van der Waals surface area contributed by atoms with E-state index in [9.17, 15) is 9.59 Å². The molecule has 0 aliphatic carbocycles. The van der Waals surface area contributed by atoms with E-state index in [4.69, 9.17) is 16.3 Å². The fourth-order valence-corrected chi connectivity index (χ4v) is 1.72. The van der Waals surface area contributed by atoms with Gasteiger partial charge in [-0.1, -0.05) is 29.8 Å². The normalized spacial score (nSPS) is 11.1. The maximum Gasteiger partial charge on any atom is 0.407 e. The number of alkyl carbamates (subject to hydrolysis) is 1. The molecule has 126 valence electrons. The Bertz CT molecular complexity index is 568. The molecule has 0 aliphatic rings. The number of amides is 3.